The van der Waals surface area contributed by atoms with E-state index in [0.29, 0.717) is 6.04 Å². The maximum atomic E-state index is 5.33. The quantitative estimate of drug-likeness (QED) is 0.615. The van der Waals surface area contributed by atoms with Crippen molar-refractivity contribution in [3.63, 3.8) is 0 Å². The van der Waals surface area contributed by atoms with Crippen LogP contribution < -0.4 is 10.1 Å². The molecule has 0 amide bonds. The van der Waals surface area contributed by atoms with Crippen LogP contribution in [0.3, 0.4) is 0 Å². The van der Waals surface area contributed by atoms with Crippen molar-refractivity contribution in [2.45, 2.75) is 36.6 Å². The molecule has 130 valence electrons. The smallest absolute Gasteiger partial charge is 0.123 e. The topological polar surface area (TPSA) is 49.9 Å². The lowest BCUT2D eigenvalue weighted by Gasteiger charge is -2.07. The van der Waals surface area contributed by atoms with Crippen LogP contribution in [0.1, 0.15) is 24.0 Å². The van der Waals surface area contributed by atoms with Gasteiger partial charge in [-0.15, -0.1) is 12.6 Å². The summed E-state index contributed by atoms with van der Waals surface area (Å²) in [6.45, 7) is 1.99. The van der Waals surface area contributed by atoms with Crippen molar-refractivity contribution in [2.75, 3.05) is 13.2 Å². The molecule has 1 unspecified atom stereocenters. The standard InChI is InChI=1S/C12H15N3.C8H8OS/c1-3-10(13-5-1)7-9-8-15-11-4-2-6-14-12(9)11;10-7-2-1-6-3-4-9-8(6)5-7/h2,4,6,8,10,13,15H,1,3,5,7H2;1-2,5,10H,3-4H2. The van der Waals surface area contributed by atoms with Crippen LogP contribution >= 0.6 is 12.6 Å². The third kappa shape index (κ3) is 3.83. The predicted octanol–water partition coefficient (Wildman–Crippen LogP) is 3.77. The number of benzene rings is 1. The van der Waals surface area contributed by atoms with Gasteiger partial charge in [0.15, 0.2) is 0 Å². The van der Waals surface area contributed by atoms with Crippen LogP contribution in [0.15, 0.2) is 47.6 Å². The Kier molecular flexibility index (Phi) is 4.95. The van der Waals surface area contributed by atoms with Gasteiger partial charge in [-0.2, -0.15) is 0 Å². The minimum absolute atomic E-state index is 0.644. The van der Waals surface area contributed by atoms with Crippen LogP contribution in [0.5, 0.6) is 5.75 Å². The summed E-state index contributed by atoms with van der Waals surface area (Å²) in [4.78, 5) is 8.67. The zero-order valence-electron chi connectivity index (χ0n) is 14.2. The highest BCUT2D eigenvalue weighted by molar-refractivity contribution is 7.80. The van der Waals surface area contributed by atoms with Gasteiger partial charge >= 0.3 is 0 Å². The molecule has 0 spiro atoms. The molecule has 0 radical (unpaired) electrons. The average Bonchev–Trinajstić information content (AvgIpc) is 3.37. The van der Waals surface area contributed by atoms with Crippen molar-refractivity contribution in [1.82, 2.24) is 15.3 Å². The summed E-state index contributed by atoms with van der Waals surface area (Å²) < 4.78 is 5.33. The molecule has 25 heavy (non-hydrogen) atoms. The van der Waals surface area contributed by atoms with E-state index in [-0.39, 0.29) is 0 Å². The Bertz CT molecular complexity index is 855. The van der Waals surface area contributed by atoms with E-state index in [9.17, 15) is 0 Å². The van der Waals surface area contributed by atoms with E-state index in [0.717, 1.165) is 41.1 Å². The second-order valence-electron chi connectivity index (χ2n) is 6.60. The SMILES string of the molecule is Sc1ccc2c(c1)OCC2.c1cnc2c(CC3CCCN3)c[nH]c2c1. The van der Waals surface area contributed by atoms with E-state index < -0.39 is 0 Å². The second kappa shape index (κ2) is 7.50. The molecule has 3 aromatic rings. The van der Waals surface area contributed by atoms with Crippen LogP contribution in [0, 0.1) is 0 Å². The zero-order chi connectivity index (χ0) is 17.1. The van der Waals surface area contributed by atoms with Gasteiger partial charge in [0, 0.05) is 29.8 Å². The van der Waals surface area contributed by atoms with Gasteiger partial charge in [0.05, 0.1) is 17.6 Å². The van der Waals surface area contributed by atoms with Gasteiger partial charge in [-0.25, -0.2) is 0 Å². The summed E-state index contributed by atoms with van der Waals surface area (Å²) in [7, 11) is 0. The number of aromatic amines is 1. The summed E-state index contributed by atoms with van der Waals surface area (Å²) in [6.07, 6.45) is 8.69. The van der Waals surface area contributed by atoms with Crippen LogP contribution in [0.4, 0.5) is 0 Å². The van der Waals surface area contributed by atoms with Crippen molar-refractivity contribution in [1.29, 1.82) is 0 Å². The number of ether oxygens (including phenoxy) is 1. The Labute approximate surface area is 153 Å². The molecule has 4 nitrogen and oxygen atoms in total. The molecule has 0 aliphatic carbocycles. The summed E-state index contributed by atoms with van der Waals surface area (Å²) in [5.41, 5.74) is 4.92. The molecule has 2 aliphatic rings. The first kappa shape index (κ1) is 16.5. The normalized spacial score (nSPS) is 18.5. The molecule has 4 heterocycles. The van der Waals surface area contributed by atoms with Gasteiger partial charge in [-0.05, 0) is 61.2 Å². The van der Waals surface area contributed by atoms with E-state index >= 15 is 0 Å². The number of fused-ring (bicyclic) bond motifs is 2. The lowest BCUT2D eigenvalue weighted by Crippen LogP contribution is -2.23. The third-order valence-electron chi connectivity index (χ3n) is 4.82. The van der Waals surface area contributed by atoms with Gasteiger partial charge in [-0.1, -0.05) is 6.07 Å². The van der Waals surface area contributed by atoms with E-state index in [1.165, 1.54) is 30.5 Å². The van der Waals surface area contributed by atoms with Crippen LogP contribution in [-0.4, -0.2) is 29.2 Å². The van der Waals surface area contributed by atoms with Crippen molar-refractivity contribution in [3.05, 3.63) is 53.9 Å². The number of nitrogens with one attached hydrogen (secondary N) is 2. The Morgan fingerprint density at radius 3 is 3.12 bits per heavy atom. The summed E-state index contributed by atoms with van der Waals surface area (Å²) in [5, 5.41) is 3.52. The van der Waals surface area contributed by atoms with E-state index in [2.05, 4.69) is 46.2 Å². The fourth-order valence-electron chi connectivity index (χ4n) is 3.52. The molecule has 5 rings (SSSR count). The van der Waals surface area contributed by atoms with Gasteiger partial charge in [-0.3, -0.25) is 4.98 Å². The second-order valence-corrected chi connectivity index (χ2v) is 7.12. The molecular weight excluding hydrogens is 330 g/mol. The molecule has 1 saturated heterocycles. The number of H-pyrrole nitrogens is 1. The van der Waals surface area contributed by atoms with E-state index in [1.54, 1.807) is 0 Å². The first-order valence-corrected chi connectivity index (χ1v) is 9.33. The molecule has 2 aliphatic heterocycles. The molecule has 2 N–H and O–H groups in total. The van der Waals surface area contributed by atoms with Gasteiger partial charge in [0.2, 0.25) is 0 Å². The largest absolute Gasteiger partial charge is 0.493 e. The Hall–Kier alpha value is -1.98. The fourth-order valence-corrected chi connectivity index (χ4v) is 3.71. The Morgan fingerprint density at radius 1 is 1.28 bits per heavy atom. The first-order valence-electron chi connectivity index (χ1n) is 8.88. The number of hydrogen-bond acceptors (Lipinski definition) is 4. The lowest BCUT2D eigenvalue weighted by molar-refractivity contribution is 0.356. The maximum absolute atomic E-state index is 5.33. The van der Waals surface area contributed by atoms with Crippen LogP contribution in [0.25, 0.3) is 11.0 Å². The molecule has 0 bridgehead atoms. The highest BCUT2D eigenvalue weighted by Crippen LogP contribution is 2.27. The highest BCUT2D eigenvalue weighted by atomic mass is 32.1. The summed E-state index contributed by atoms with van der Waals surface area (Å²) in [6, 6.07) is 10.7. The van der Waals surface area contributed by atoms with Crippen molar-refractivity contribution in [3.8, 4) is 5.75 Å². The minimum atomic E-state index is 0.644. The van der Waals surface area contributed by atoms with E-state index in [1.807, 2.05) is 24.4 Å². The predicted molar refractivity (Wildman–Crippen MR) is 104 cm³/mol. The maximum Gasteiger partial charge on any atom is 0.123 e. The van der Waals surface area contributed by atoms with E-state index in [4.69, 9.17) is 4.74 Å². The summed E-state index contributed by atoms with van der Waals surface area (Å²) in [5.74, 6) is 1.01. The molecule has 2 aromatic heterocycles. The first-order chi connectivity index (χ1) is 12.3. The number of pyridine rings is 1. The minimum Gasteiger partial charge on any atom is -0.493 e. The molecule has 1 aromatic carbocycles. The van der Waals surface area contributed by atoms with Crippen molar-refractivity contribution in [2.24, 2.45) is 0 Å². The highest BCUT2D eigenvalue weighted by Gasteiger charge is 2.16. The number of rotatable bonds is 2. The zero-order valence-corrected chi connectivity index (χ0v) is 15.1. The molecule has 1 fully saturated rings. The van der Waals surface area contributed by atoms with Crippen LogP contribution in [-0.2, 0) is 12.8 Å². The molecule has 1 atom stereocenters. The number of nitrogens with zero attached hydrogens (tertiary/aromatic N) is 1. The lowest BCUT2D eigenvalue weighted by atomic mass is 10.1. The van der Waals surface area contributed by atoms with Gasteiger partial charge < -0.3 is 15.0 Å². The Morgan fingerprint density at radius 2 is 2.24 bits per heavy atom. The molecular formula is C20H23N3OS. The third-order valence-corrected chi connectivity index (χ3v) is 5.10. The monoisotopic (exact) mass is 353 g/mol. The number of hydrogen-bond donors (Lipinski definition) is 3. The van der Waals surface area contributed by atoms with Crippen molar-refractivity contribution < 1.29 is 4.74 Å². The fraction of sp³-hybridized carbons (Fsp3) is 0.350. The number of aromatic nitrogens is 2. The molecule has 5 heteroatoms. The van der Waals surface area contributed by atoms with Gasteiger partial charge in [0.25, 0.3) is 0 Å². The average molecular weight is 353 g/mol. The van der Waals surface area contributed by atoms with Crippen LogP contribution in [0.2, 0.25) is 0 Å². The van der Waals surface area contributed by atoms with Gasteiger partial charge in [0.1, 0.15) is 5.75 Å². The molecule has 0 saturated carbocycles. The number of thiol groups is 1. The van der Waals surface area contributed by atoms with Crippen molar-refractivity contribution >= 4 is 23.7 Å². The Balaban J connectivity index is 0.000000136. The summed E-state index contributed by atoms with van der Waals surface area (Å²) >= 11 is 4.20.